The van der Waals surface area contributed by atoms with E-state index in [1.807, 2.05) is 4.90 Å². The van der Waals surface area contributed by atoms with Crippen molar-refractivity contribution in [1.82, 2.24) is 9.97 Å². The van der Waals surface area contributed by atoms with E-state index in [4.69, 9.17) is 0 Å². The van der Waals surface area contributed by atoms with Crippen LogP contribution in [0.3, 0.4) is 0 Å². The zero-order valence-electron chi connectivity index (χ0n) is 8.63. The molecule has 1 aromatic rings. The second-order valence-corrected chi connectivity index (χ2v) is 6.81. The maximum atomic E-state index is 11.4. The maximum absolute atomic E-state index is 11.4. The lowest BCUT2D eigenvalue weighted by molar-refractivity contribution is 0.597. The van der Waals surface area contributed by atoms with Gasteiger partial charge >= 0.3 is 0 Å². The lowest BCUT2D eigenvalue weighted by Crippen LogP contribution is -2.27. The number of aromatic nitrogens is 2. The number of sulfone groups is 1. The van der Waals surface area contributed by atoms with Crippen molar-refractivity contribution in [2.75, 3.05) is 29.5 Å². The molecule has 0 N–H and O–H groups in total. The Morgan fingerprint density at radius 3 is 2.81 bits per heavy atom. The summed E-state index contributed by atoms with van der Waals surface area (Å²) in [7, 11) is -2.87. The third-order valence-electron chi connectivity index (χ3n) is 2.50. The fourth-order valence-electron chi connectivity index (χ4n) is 1.66. The average molecular weight is 306 g/mol. The Balaban J connectivity index is 2.17. The molecule has 1 aliphatic rings. The molecule has 7 heteroatoms. The van der Waals surface area contributed by atoms with Crippen molar-refractivity contribution in [3.05, 3.63) is 17.0 Å². The predicted molar refractivity (Wildman–Crippen MR) is 65.2 cm³/mol. The first-order chi connectivity index (χ1) is 7.57. The van der Waals surface area contributed by atoms with Gasteiger partial charge in [0.25, 0.3) is 0 Å². The SMILES string of the molecule is O=S1(=O)CCCN(c2cc(Br)ncn2)CC1. The highest BCUT2D eigenvalue weighted by atomic mass is 79.9. The van der Waals surface area contributed by atoms with Crippen LogP contribution in [0.4, 0.5) is 5.82 Å². The quantitative estimate of drug-likeness (QED) is 0.720. The summed E-state index contributed by atoms with van der Waals surface area (Å²) in [6, 6.07) is 1.80. The topological polar surface area (TPSA) is 63.2 Å². The van der Waals surface area contributed by atoms with Crippen molar-refractivity contribution in [1.29, 1.82) is 0 Å². The van der Waals surface area contributed by atoms with Crippen molar-refractivity contribution >= 4 is 31.6 Å². The van der Waals surface area contributed by atoms with Gasteiger partial charge in [-0.05, 0) is 22.4 Å². The van der Waals surface area contributed by atoms with Crippen molar-refractivity contribution in [2.45, 2.75) is 6.42 Å². The van der Waals surface area contributed by atoms with Gasteiger partial charge in [-0.15, -0.1) is 0 Å². The van der Waals surface area contributed by atoms with E-state index < -0.39 is 9.84 Å². The van der Waals surface area contributed by atoms with Gasteiger partial charge in [0.2, 0.25) is 0 Å². The molecular weight excluding hydrogens is 294 g/mol. The summed E-state index contributed by atoms with van der Waals surface area (Å²) in [5.74, 6) is 1.25. The van der Waals surface area contributed by atoms with Crippen LogP contribution in [0.15, 0.2) is 17.0 Å². The highest BCUT2D eigenvalue weighted by Gasteiger charge is 2.19. The molecule has 0 atom stereocenters. The molecule has 1 aromatic heterocycles. The third-order valence-corrected chi connectivity index (χ3v) is 4.65. The molecule has 0 saturated carbocycles. The zero-order chi connectivity index (χ0) is 11.6. The molecule has 1 aliphatic heterocycles. The summed E-state index contributed by atoms with van der Waals surface area (Å²) in [5, 5.41) is 0. The minimum Gasteiger partial charge on any atom is -0.355 e. The summed E-state index contributed by atoms with van der Waals surface area (Å²) in [6.45, 7) is 1.23. The Morgan fingerprint density at radius 2 is 2.06 bits per heavy atom. The molecule has 1 fully saturated rings. The minimum atomic E-state index is -2.87. The van der Waals surface area contributed by atoms with E-state index in [0.29, 0.717) is 17.6 Å². The van der Waals surface area contributed by atoms with Gasteiger partial charge in [-0.2, -0.15) is 0 Å². The highest BCUT2D eigenvalue weighted by Crippen LogP contribution is 2.17. The van der Waals surface area contributed by atoms with E-state index in [0.717, 1.165) is 12.4 Å². The molecule has 0 aromatic carbocycles. The number of hydrogen-bond donors (Lipinski definition) is 0. The molecule has 0 bridgehead atoms. The van der Waals surface area contributed by atoms with Gasteiger partial charge in [0, 0.05) is 19.2 Å². The number of rotatable bonds is 1. The Kier molecular flexibility index (Phi) is 3.44. The van der Waals surface area contributed by atoms with E-state index in [9.17, 15) is 8.42 Å². The van der Waals surface area contributed by atoms with Crippen LogP contribution in [-0.2, 0) is 9.84 Å². The largest absolute Gasteiger partial charge is 0.355 e. The lowest BCUT2D eigenvalue weighted by Gasteiger charge is -2.20. The predicted octanol–water partition coefficient (Wildman–Crippen LogP) is 0.864. The van der Waals surface area contributed by atoms with Crippen LogP contribution in [0.2, 0.25) is 0 Å². The van der Waals surface area contributed by atoms with Gasteiger partial charge in [0.15, 0.2) is 9.84 Å². The fourth-order valence-corrected chi connectivity index (χ4v) is 3.23. The van der Waals surface area contributed by atoms with Gasteiger partial charge in [-0.1, -0.05) is 0 Å². The zero-order valence-corrected chi connectivity index (χ0v) is 11.0. The van der Waals surface area contributed by atoms with E-state index in [1.54, 1.807) is 6.07 Å². The first-order valence-electron chi connectivity index (χ1n) is 5.00. The van der Waals surface area contributed by atoms with Crippen molar-refractivity contribution in [3.63, 3.8) is 0 Å². The van der Waals surface area contributed by atoms with Crippen LogP contribution in [-0.4, -0.2) is 43.0 Å². The summed E-state index contributed by atoms with van der Waals surface area (Å²) in [5.41, 5.74) is 0. The van der Waals surface area contributed by atoms with Crippen molar-refractivity contribution in [3.8, 4) is 0 Å². The van der Waals surface area contributed by atoms with Crippen LogP contribution in [0.5, 0.6) is 0 Å². The van der Waals surface area contributed by atoms with Crippen molar-refractivity contribution in [2.24, 2.45) is 0 Å². The van der Waals surface area contributed by atoms with Crippen LogP contribution in [0.1, 0.15) is 6.42 Å². The molecule has 0 aliphatic carbocycles. The number of halogens is 1. The lowest BCUT2D eigenvalue weighted by atomic mass is 10.4. The molecule has 16 heavy (non-hydrogen) atoms. The normalized spacial score (nSPS) is 20.4. The molecule has 0 radical (unpaired) electrons. The second-order valence-electron chi connectivity index (χ2n) is 3.69. The van der Waals surface area contributed by atoms with Crippen LogP contribution < -0.4 is 4.90 Å². The monoisotopic (exact) mass is 305 g/mol. The fraction of sp³-hybridized carbons (Fsp3) is 0.556. The molecule has 5 nitrogen and oxygen atoms in total. The standard InChI is InChI=1S/C9H12BrN3O2S/c10-8-6-9(12-7-11-8)13-2-1-4-16(14,15)5-3-13/h6-7H,1-5H2. The van der Waals surface area contributed by atoms with Crippen LogP contribution >= 0.6 is 15.9 Å². The van der Waals surface area contributed by atoms with Crippen LogP contribution in [0, 0.1) is 0 Å². The number of anilines is 1. The van der Waals surface area contributed by atoms with E-state index in [2.05, 4.69) is 25.9 Å². The average Bonchev–Trinajstić information content (AvgIpc) is 2.39. The first-order valence-corrected chi connectivity index (χ1v) is 7.61. The summed E-state index contributed by atoms with van der Waals surface area (Å²) >= 11 is 3.27. The van der Waals surface area contributed by atoms with Gasteiger partial charge in [0.1, 0.15) is 16.7 Å². The summed E-state index contributed by atoms with van der Waals surface area (Å²) in [4.78, 5) is 10.1. The van der Waals surface area contributed by atoms with Crippen LogP contribution in [0.25, 0.3) is 0 Å². The van der Waals surface area contributed by atoms with E-state index in [1.165, 1.54) is 6.33 Å². The van der Waals surface area contributed by atoms with Gasteiger partial charge in [0.05, 0.1) is 11.5 Å². The highest BCUT2D eigenvalue weighted by molar-refractivity contribution is 9.10. The molecule has 1 saturated heterocycles. The Bertz CT molecular complexity index is 477. The van der Waals surface area contributed by atoms with E-state index >= 15 is 0 Å². The maximum Gasteiger partial charge on any atom is 0.152 e. The summed E-state index contributed by atoms with van der Waals surface area (Å²) < 4.78 is 23.6. The Morgan fingerprint density at radius 1 is 1.25 bits per heavy atom. The summed E-state index contributed by atoms with van der Waals surface area (Å²) in [6.07, 6.45) is 2.13. The second kappa shape index (κ2) is 4.67. The number of nitrogens with zero attached hydrogens (tertiary/aromatic N) is 3. The van der Waals surface area contributed by atoms with Gasteiger partial charge < -0.3 is 4.90 Å². The third kappa shape index (κ3) is 2.91. The van der Waals surface area contributed by atoms with Crippen molar-refractivity contribution < 1.29 is 8.42 Å². The molecule has 88 valence electrons. The molecule has 2 rings (SSSR count). The smallest absolute Gasteiger partial charge is 0.152 e. The Hall–Kier alpha value is -0.690. The molecular formula is C9H12BrN3O2S. The minimum absolute atomic E-state index is 0.203. The molecule has 0 spiro atoms. The number of hydrogen-bond acceptors (Lipinski definition) is 5. The molecule has 2 heterocycles. The molecule has 0 amide bonds. The first kappa shape index (κ1) is 11.8. The Labute approximate surface area is 103 Å². The van der Waals surface area contributed by atoms with Gasteiger partial charge in [-0.3, -0.25) is 0 Å². The molecule has 0 unspecified atom stereocenters. The van der Waals surface area contributed by atoms with E-state index in [-0.39, 0.29) is 11.5 Å². The van der Waals surface area contributed by atoms with Gasteiger partial charge in [-0.25, -0.2) is 18.4 Å².